The number of hydrogen-bond acceptors (Lipinski definition) is 6. The number of halogens is 3. The van der Waals surface area contributed by atoms with Crippen LogP contribution in [-0.2, 0) is 0 Å². The summed E-state index contributed by atoms with van der Waals surface area (Å²) in [6, 6.07) is 7.87. The van der Waals surface area contributed by atoms with Crippen molar-refractivity contribution in [3.05, 3.63) is 42.3 Å². The van der Waals surface area contributed by atoms with Gasteiger partial charge in [0.05, 0.1) is 19.3 Å². The number of aromatic nitrogens is 4. The molecular weight excluding hydrogens is 373 g/mol. The van der Waals surface area contributed by atoms with E-state index in [-0.39, 0.29) is 24.7 Å². The standard InChI is InChI=1S/C18H17F3N6O/c1-28-14-3-2-11(8-12(14)19)13-9-16(26-25-13)23-15-4-6-22-17(24-15)27-7-5-18(20,21)10-27/h2-4,6,8-9H,5,7,10H2,1H3,(H2,22,23,24,25,26). The molecule has 0 spiro atoms. The molecule has 2 N–H and O–H groups in total. The lowest BCUT2D eigenvalue weighted by Gasteiger charge is -2.16. The summed E-state index contributed by atoms with van der Waals surface area (Å²) in [5.41, 5.74) is 1.19. The maximum Gasteiger partial charge on any atom is 0.267 e. The molecule has 4 rings (SSSR count). The number of nitrogens with one attached hydrogen (secondary N) is 2. The van der Waals surface area contributed by atoms with Gasteiger partial charge in [0.1, 0.15) is 5.82 Å². The van der Waals surface area contributed by atoms with Crippen LogP contribution in [0.25, 0.3) is 11.3 Å². The van der Waals surface area contributed by atoms with Crippen LogP contribution in [0, 0.1) is 5.82 Å². The first-order valence-corrected chi connectivity index (χ1v) is 8.56. The van der Waals surface area contributed by atoms with Gasteiger partial charge < -0.3 is 15.0 Å². The van der Waals surface area contributed by atoms with E-state index in [2.05, 4.69) is 25.5 Å². The van der Waals surface area contributed by atoms with E-state index in [4.69, 9.17) is 4.74 Å². The van der Waals surface area contributed by atoms with Gasteiger partial charge in [-0.1, -0.05) is 0 Å². The van der Waals surface area contributed by atoms with Crippen LogP contribution >= 0.6 is 0 Å². The van der Waals surface area contributed by atoms with Crippen LogP contribution in [0.15, 0.2) is 36.5 Å². The maximum absolute atomic E-state index is 13.9. The lowest BCUT2D eigenvalue weighted by Crippen LogP contribution is -2.26. The fraction of sp³-hybridized carbons (Fsp3) is 0.278. The number of rotatable bonds is 5. The van der Waals surface area contributed by atoms with Crippen molar-refractivity contribution in [2.45, 2.75) is 12.3 Å². The molecule has 1 aliphatic rings. The van der Waals surface area contributed by atoms with Gasteiger partial charge in [0.25, 0.3) is 5.92 Å². The van der Waals surface area contributed by atoms with E-state index in [0.29, 0.717) is 22.9 Å². The fourth-order valence-corrected chi connectivity index (χ4v) is 2.98. The zero-order chi connectivity index (χ0) is 19.7. The van der Waals surface area contributed by atoms with E-state index in [1.165, 1.54) is 30.3 Å². The van der Waals surface area contributed by atoms with Crippen molar-refractivity contribution in [2.24, 2.45) is 0 Å². The lowest BCUT2D eigenvalue weighted by molar-refractivity contribution is 0.0256. The molecule has 1 fully saturated rings. The Hall–Kier alpha value is -3.30. The van der Waals surface area contributed by atoms with Gasteiger partial charge in [-0.05, 0) is 24.3 Å². The molecule has 0 amide bonds. The topological polar surface area (TPSA) is 79.0 Å². The Morgan fingerprint density at radius 2 is 2.07 bits per heavy atom. The van der Waals surface area contributed by atoms with E-state index in [1.54, 1.807) is 18.2 Å². The molecule has 0 unspecified atom stereocenters. The van der Waals surface area contributed by atoms with E-state index in [9.17, 15) is 13.2 Å². The molecular formula is C18H17F3N6O. The molecule has 1 aliphatic heterocycles. The van der Waals surface area contributed by atoms with Crippen LogP contribution in [0.4, 0.5) is 30.8 Å². The van der Waals surface area contributed by atoms with E-state index in [0.717, 1.165) is 0 Å². The fourth-order valence-electron chi connectivity index (χ4n) is 2.98. The molecule has 1 saturated heterocycles. The Labute approximate surface area is 158 Å². The molecule has 3 aromatic rings. The Kier molecular flexibility index (Phi) is 4.54. The molecule has 3 heterocycles. The first kappa shape index (κ1) is 18.1. The van der Waals surface area contributed by atoms with Crippen molar-refractivity contribution in [1.29, 1.82) is 0 Å². The first-order valence-electron chi connectivity index (χ1n) is 8.56. The summed E-state index contributed by atoms with van der Waals surface area (Å²) in [7, 11) is 1.40. The summed E-state index contributed by atoms with van der Waals surface area (Å²) >= 11 is 0. The highest BCUT2D eigenvalue weighted by Crippen LogP contribution is 2.30. The Balaban J connectivity index is 1.50. The Morgan fingerprint density at radius 3 is 2.79 bits per heavy atom. The van der Waals surface area contributed by atoms with E-state index < -0.39 is 18.3 Å². The van der Waals surface area contributed by atoms with Gasteiger partial charge >= 0.3 is 0 Å². The molecule has 1 aromatic carbocycles. The van der Waals surface area contributed by atoms with E-state index >= 15 is 0 Å². The molecule has 28 heavy (non-hydrogen) atoms. The second-order valence-electron chi connectivity index (χ2n) is 6.41. The van der Waals surface area contributed by atoms with Gasteiger partial charge in [0.2, 0.25) is 5.95 Å². The SMILES string of the molecule is COc1ccc(-c2cc(Nc3ccnc(N4CCC(F)(F)C4)n3)n[nH]2)cc1F. The van der Waals surface area contributed by atoms with Crippen molar-refractivity contribution in [3.8, 4) is 17.0 Å². The number of methoxy groups -OCH3 is 1. The van der Waals surface area contributed by atoms with Crippen LogP contribution in [0.2, 0.25) is 0 Å². The molecule has 0 radical (unpaired) electrons. The average molecular weight is 390 g/mol. The van der Waals surface area contributed by atoms with Crippen molar-refractivity contribution in [1.82, 2.24) is 20.2 Å². The van der Waals surface area contributed by atoms with Gasteiger partial charge in [-0.2, -0.15) is 10.1 Å². The smallest absolute Gasteiger partial charge is 0.267 e. The molecule has 0 atom stereocenters. The summed E-state index contributed by atoms with van der Waals surface area (Å²) in [6.45, 7) is -0.196. The van der Waals surface area contributed by atoms with E-state index in [1.807, 2.05) is 0 Å². The highest BCUT2D eigenvalue weighted by molar-refractivity contribution is 5.66. The van der Waals surface area contributed by atoms with Gasteiger partial charge in [-0.15, -0.1) is 0 Å². The normalized spacial score (nSPS) is 15.6. The van der Waals surface area contributed by atoms with Crippen LogP contribution in [0.1, 0.15) is 6.42 Å². The van der Waals surface area contributed by atoms with Gasteiger partial charge in [-0.3, -0.25) is 5.10 Å². The summed E-state index contributed by atoms with van der Waals surface area (Å²) in [5.74, 6) is -1.95. The van der Waals surface area contributed by atoms with Crippen molar-refractivity contribution in [3.63, 3.8) is 0 Å². The third-order valence-electron chi connectivity index (χ3n) is 4.39. The second-order valence-corrected chi connectivity index (χ2v) is 6.41. The molecule has 146 valence electrons. The molecule has 0 saturated carbocycles. The average Bonchev–Trinajstić information content (AvgIpc) is 3.28. The van der Waals surface area contributed by atoms with Crippen LogP contribution < -0.4 is 15.0 Å². The molecule has 10 heteroatoms. The highest BCUT2D eigenvalue weighted by Gasteiger charge is 2.39. The number of benzene rings is 1. The molecule has 0 aliphatic carbocycles. The summed E-state index contributed by atoms with van der Waals surface area (Å²) in [5, 5.41) is 9.93. The van der Waals surface area contributed by atoms with Crippen molar-refractivity contribution < 1.29 is 17.9 Å². The van der Waals surface area contributed by atoms with Gasteiger partial charge in [-0.25, -0.2) is 18.2 Å². The Bertz CT molecular complexity index is 993. The minimum atomic E-state index is -2.72. The zero-order valence-corrected chi connectivity index (χ0v) is 14.9. The van der Waals surface area contributed by atoms with Crippen LogP contribution in [0.3, 0.4) is 0 Å². The molecule has 0 bridgehead atoms. The summed E-state index contributed by atoms with van der Waals surface area (Å²) < 4.78 is 45.6. The number of aromatic amines is 1. The maximum atomic E-state index is 13.9. The largest absolute Gasteiger partial charge is 0.494 e. The van der Waals surface area contributed by atoms with Gasteiger partial charge in [0, 0.05) is 30.8 Å². The quantitative estimate of drug-likeness (QED) is 0.693. The number of nitrogens with zero attached hydrogens (tertiary/aromatic N) is 4. The number of anilines is 3. The minimum Gasteiger partial charge on any atom is -0.494 e. The first-order chi connectivity index (χ1) is 13.4. The number of hydrogen-bond donors (Lipinski definition) is 2. The Morgan fingerprint density at radius 1 is 1.21 bits per heavy atom. The number of alkyl halides is 2. The third-order valence-corrected chi connectivity index (χ3v) is 4.39. The minimum absolute atomic E-state index is 0.155. The molecule has 2 aromatic heterocycles. The highest BCUT2D eigenvalue weighted by atomic mass is 19.3. The van der Waals surface area contributed by atoms with Crippen molar-refractivity contribution >= 4 is 17.6 Å². The summed E-state index contributed by atoms with van der Waals surface area (Å²) in [6.07, 6.45) is 1.28. The predicted molar refractivity (Wildman–Crippen MR) is 97.6 cm³/mol. The number of ether oxygens (including phenoxy) is 1. The van der Waals surface area contributed by atoms with Crippen LogP contribution in [-0.4, -0.2) is 46.3 Å². The number of H-pyrrole nitrogens is 1. The monoisotopic (exact) mass is 390 g/mol. The van der Waals surface area contributed by atoms with Gasteiger partial charge in [0.15, 0.2) is 17.4 Å². The predicted octanol–water partition coefficient (Wildman–Crippen LogP) is 3.60. The lowest BCUT2D eigenvalue weighted by atomic mass is 10.1. The molecule has 7 nitrogen and oxygen atoms in total. The van der Waals surface area contributed by atoms with Crippen molar-refractivity contribution in [2.75, 3.05) is 30.4 Å². The zero-order valence-electron chi connectivity index (χ0n) is 14.9. The van der Waals surface area contributed by atoms with Crippen LogP contribution in [0.5, 0.6) is 5.75 Å². The third kappa shape index (κ3) is 3.71. The second kappa shape index (κ2) is 7.02. The summed E-state index contributed by atoms with van der Waals surface area (Å²) in [4.78, 5) is 9.79.